The lowest BCUT2D eigenvalue weighted by Gasteiger charge is -2.08. The number of unbranched alkanes of at least 4 members (excludes halogenated alkanes) is 1. The summed E-state index contributed by atoms with van der Waals surface area (Å²) in [6, 6.07) is 4.37. The number of nitrogens with zero attached hydrogens (tertiary/aromatic N) is 1. The molecule has 0 fully saturated rings. The van der Waals surface area contributed by atoms with Crippen LogP contribution in [0.1, 0.15) is 19.8 Å². The molecule has 0 spiro atoms. The summed E-state index contributed by atoms with van der Waals surface area (Å²) < 4.78 is 10.3. The fourth-order valence-electron chi connectivity index (χ4n) is 1.26. The van der Waals surface area contributed by atoms with Crippen molar-refractivity contribution in [1.29, 1.82) is 0 Å². The SMILES string of the molecule is CCCCOC(=O)COc1cccc([N+](=O)[O-])c1Br. The van der Waals surface area contributed by atoms with Gasteiger partial charge in [0.15, 0.2) is 6.61 Å². The Morgan fingerprint density at radius 1 is 1.47 bits per heavy atom. The molecule has 1 aromatic rings. The largest absolute Gasteiger partial charge is 0.480 e. The predicted octanol–water partition coefficient (Wildman–Crippen LogP) is 3.08. The van der Waals surface area contributed by atoms with Gasteiger partial charge in [0.1, 0.15) is 10.2 Å². The Hall–Kier alpha value is -1.63. The Morgan fingerprint density at radius 3 is 2.84 bits per heavy atom. The monoisotopic (exact) mass is 331 g/mol. The minimum Gasteiger partial charge on any atom is -0.480 e. The number of carbonyl (C=O) groups excluding carboxylic acids is 1. The highest BCUT2D eigenvalue weighted by Gasteiger charge is 2.16. The van der Waals surface area contributed by atoms with Gasteiger partial charge in [0.05, 0.1) is 11.5 Å². The topological polar surface area (TPSA) is 78.7 Å². The molecule has 0 atom stereocenters. The van der Waals surface area contributed by atoms with Gasteiger partial charge in [-0.25, -0.2) is 4.79 Å². The van der Waals surface area contributed by atoms with E-state index in [4.69, 9.17) is 9.47 Å². The first-order valence-electron chi connectivity index (χ1n) is 5.77. The quantitative estimate of drug-likeness (QED) is 0.332. The van der Waals surface area contributed by atoms with Gasteiger partial charge >= 0.3 is 5.97 Å². The highest BCUT2D eigenvalue weighted by Crippen LogP contribution is 2.33. The summed E-state index contributed by atoms with van der Waals surface area (Å²) in [6.07, 6.45) is 1.73. The third-order valence-corrected chi connectivity index (χ3v) is 3.04. The lowest BCUT2D eigenvalue weighted by atomic mass is 10.3. The highest BCUT2D eigenvalue weighted by atomic mass is 79.9. The van der Waals surface area contributed by atoms with Gasteiger partial charge in [0.25, 0.3) is 5.69 Å². The maximum atomic E-state index is 11.3. The van der Waals surface area contributed by atoms with Crippen LogP contribution in [-0.4, -0.2) is 24.1 Å². The van der Waals surface area contributed by atoms with Crippen LogP contribution in [0, 0.1) is 10.1 Å². The fourth-order valence-corrected chi connectivity index (χ4v) is 1.78. The summed E-state index contributed by atoms with van der Waals surface area (Å²) in [6.45, 7) is 2.07. The molecule has 0 saturated heterocycles. The Labute approximate surface area is 119 Å². The van der Waals surface area contributed by atoms with Gasteiger partial charge in [-0.1, -0.05) is 19.4 Å². The standard InChI is InChI=1S/C12H14BrNO5/c1-2-3-7-18-11(15)8-19-10-6-4-5-9(12(10)13)14(16)17/h4-6H,2-3,7-8H2,1H3. The predicted molar refractivity (Wildman–Crippen MR) is 72.2 cm³/mol. The first kappa shape index (κ1) is 15.4. The van der Waals surface area contributed by atoms with Crippen LogP contribution in [0.15, 0.2) is 22.7 Å². The van der Waals surface area contributed by atoms with E-state index in [9.17, 15) is 14.9 Å². The smallest absolute Gasteiger partial charge is 0.344 e. The van der Waals surface area contributed by atoms with Crippen molar-refractivity contribution >= 4 is 27.6 Å². The number of nitro benzene ring substituents is 1. The molecule has 0 aliphatic carbocycles. The van der Waals surface area contributed by atoms with E-state index >= 15 is 0 Å². The normalized spacial score (nSPS) is 10.0. The minimum atomic E-state index is -0.531. The molecule has 0 aromatic heterocycles. The van der Waals surface area contributed by atoms with Crippen LogP contribution < -0.4 is 4.74 Å². The summed E-state index contributed by atoms with van der Waals surface area (Å²) in [5, 5.41) is 10.7. The summed E-state index contributed by atoms with van der Waals surface area (Å²) in [4.78, 5) is 21.5. The second-order valence-corrected chi connectivity index (χ2v) is 4.50. The molecule has 7 heteroatoms. The molecule has 1 aromatic carbocycles. The zero-order valence-corrected chi connectivity index (χ0v) is 12.0. The van der Waals surface area contributed by atoms with Crippen molar-refractivity contribution in [1.82, 2.24) is 0 Å². The fraction of sp³-hybridized carbons (Fsp3) is 0.417. The van der Waals surface area contributed by atoms with E-state index in [1.165, 1.54) is 18.2 Å². The average Bonchev–Trinajstić information content (AvgIpc) is 2.37. The first-order chi connectivity index (χ1) is 9.06. The van der Waals surface area contributed by atoms with Gasteiger partial charge < -0.3 is 9.47 Å². The number of ether oxygens (including phenoxy) is 2. The number of rotatable bonds is 7. The molecule has 0 unspecified atom stereocenters. The van der Waals surface area contributed by atoms with E-state index in [1.807, 2.05) is 6.92 Å². The molecule has 0 amide bonds. The number of hydrogen-bond acceptors (Lipinski definition) is 5. The summed E-state index contributed by atoms with van der Waals surface area (Å²) in [5.74, 6) is -0.256. The van der Waals surface area contributed by atoms with Crippen molar-refractivity contribution in [2.75, 3.05) is 13.2 Å². The van der Waals surface area contributed by atoms with Crippen molar-refractivity contribution in [2.45, 2.75) is 19.8 Å². The van der Waals surface area contributed by atoms with Crippen LogP contribution in [0.3, 0.4) is 0 Å². The zero-order chi connectivity index (χ0) is 14.3. The van der Waals surface area contributed by atoms with E-state index in [2.05, 4.69) is 15.9 Å². The summed E-state index contributed by atoms with van der Waals surface area (Å²) in [5.41, 5.74) is -0.114. The molecule has 0 aliphatic heterocycles. The molecular formula is C12H14BrNO5. The summed E-state index contributed by atoms with van der Waals surface area (Å²) in [7, 11) is 0. The third-order valence-electron chi connectivity index (χ3n) is 2.25. The highest BCUT2D eigenvalue weighted by molar-refractivity contribution is 9.10. The molecular weight excluding hydrogens is 318 g/mol. The van der Waals surface area contributed by atoms with E-state index in [0.717, 1.165) is 12.8 Å². The van der Waals surface area contributed by atoms with Crippen molar-refractivity contribution < 1.29 is 19.2 Å². The molecule has 19 heavy (non-hydrogen) atoms. The number of benzene rings is 1. The minimum absolute atomic E-state index is 0.114. The van der Waals surface area contributed by atoms with Gasteiger partial charge in [-0.05, 0) is 28.4 Å². The number of esters is 1. The Kier molecular flexibility index (Phi) is 6.27. The molecule has 104 valence electrons. The lowest BCUT2D eigenvalue weighted by molar-refractivity contribution is -0.385. The van der Waals surface area contributed by atoms with E-state index in [1.54, 1.807) is 0 Å². The van der Waals surface area contributed by atoms with E-state index in [-0.39, 0.29) is 22.5 Å². The number of nitro groups is 1. The number of hydrogen-bond donors (Lipinski definition) is 0. The first-order valence-corrected chi connectivity index (χ1v) is 6.57. The van der Waals surface area contributed by atoms with Crippen LogP contribution in [0.4, 0.5) is 5.69 Å². The Morgan fingerprint density at radius 2 is 2.21 bits per heavy atom. The van der Waals surface area contributed by atoms with E-state index < -0.39 is 10.9 Å². The Bertz CT molecular complexity index is 463. The molecule has 0 heterocycles. The van der Waals surface area contributed by atoms with Crippen molar-refractivity contribution in [3.05, 3.63) is 32.8 Å². The molecule has 1 rings (SSSR count). The second-order valence-electron chi connectivity index (χ2n) is 3.71. The van der Waals surface area contributed by atoms with Gasteiger partial charge in [-0.15, -0.1) is 0 Å². The van der Waals surface area contributed by atoms with Gasteiger partial charge in [0, 0.05) is 6.07 Å². The van der Waals surface area contributed by atoms with Crippen LogP contribution >= 0.6 is 15.9 Å². The molecule has 0 N–H and O–H groups in total. The number of halogens is 1. The van der Waals surface area contributed by atoms with Gasteiger partial charge in [0.2, 0.25) is 0 Å². The van der Waals surface area contributed by atoms with Crippen LogP contribution in [0.25, 0.3) is 0 Å². The van der Waals surface area contributed by atoms with Gasteiger partial charge in [-0.3, -0.25) is 10.1 Å². The summed E-state index contributed by atoms with van der Waals surface area (Å²) >= 11 is 3.08. The van der Waals surface area contributed by atoms with Crippen LogP contribution in [0.2, 0.25) is 0 Å². The molecule has 0 aliphatic rings. The van der Waals surface area contributed by atoms with Crippen molar-refractivity contribution in [3.8, 4) is 5.75 Å². The molecule has 0 radical (unpaired) electrons. The Balaban J connectivity index is 2.56. The maximum absolute atomic E-state index is 11.3. The van der Waals surface area contributed by atoms with Crippen LogP contribution in [-0.2, 0) is 9.53 Å². The van der Waals surface area contributed by atoms with Crippen molar-refractivity contribution in [3.63, 3.8) is 0 Å². The molecule has 6 nitrogen and oxygen atoms in total. The molecule has 0 bridgehead atoms. The van der Waals surface area contributed by atoms with Crippen molar-refractivity contribution in [2.24, 2.45) is 0 Å². The van der Waals surface area contributed by atoms with E-state index in [0.29, 0.717) is 6.61 Å². The third kappa shape index (κ3) is 4.86. The molecule has 0 saturated carbocycles. The van der Waals surface area contributed by atoms with Crippen LogP contribution in [0.5, 0.6) is 5.75 Å². The lowest BCUT2D eigenvalue weighted by Crippen LogP contribution is -2.15. The van der Waals surface area contributed by atoms with Gasteiger partial charge in [-0.2, -0.15) is 0 Å². The maximum Gasteiger partial charge on any atom is 0.344 e. The second kappa shape index (κ2) is 7.73. The average molecular weight is 332 g/mol. The zero-order valence-electron chi connectivity index (χ0n) is 10.4. The number of carbonyl (C=O) groups is 1.